The molecule has 7 nitrogen and oxygen atoms in total. The largest absolute Gasteiger partial charge is 0.379 e. The third-order valence-electron chi connectivity index (χ3n) is 4.63. The van der Waals surface area contributed by atoms with Crippen molar-refractivity contribution in [2.24, 2.45) is 0 Å². The van der Waals surface area contributed by atoms with Crippen LogP contribution in [0.5, 0.6) is 0 Å². The molecule has 0 atom stereocenters. The summed E-state index contributed by atoms with van der Waals surface area (Å²) in [4.78, 5) is 17.6. The Morgan fingerprint density at radius 3 is 2.04 bits per heavy atom. The first-order valence-electron chi connectivity index (χ1n) is 8.24. The van der Waals surface area contributed by atoms with E-state index in [4.69, 9.17) is 4.74 Å². The summed E-state index contributed by atoms with van der Waals surface area (Å²) in [5.74, 6) is 0. The van der Waals surface area contributed by atoms with E-state index < -0.39 is 0 Å². The highest BCUT2D eigenvalue weighted by Crippen LogP contribution is 2.20. The first kappa shape index (κ1) is 16.2. The summed E-state index contributed by atoms with van der Waals surface area (Å²) in [5, 5.41) is 10.7. The lowest BCUT2D eigenvalue weighted by Gasteiger charge is -2.37. The predicted octanol–water partition coefficient (Wildman–Crippen LogP) is 1.05. The molecule has 2 aliphatic heterocycles. The van der Waals surface area contributed by atoms with Gasteiger partial charge in [-0.1, -0.05) is 0 Å². The van der Waals surface area contributed by atoms with Crippen molar-refractivity contribution in [2.75, 3.05) is 70.5 Å². The number of nitro benzene ring substituents is 1. The summed E-state index contributed by atoms with van der Waals surface area (Å²) in [5.41, 5.74) is 1.22. The van der Waals surface area contributed by atoms with Crippen molar-refractivity contribution < 1.29 is 9.66 Å². The molecule has 23 heavy (non-hydrogen) atoms. The quantitative estimate of drug-likeness (QED) is 0.597. The summed E-state index contributed by atoms with van der Waals surface area (Å²) in [6.07, 6.45) is 0. The summed E-state index contributed by atoms with van der Waals surface area (Å²) >= 11 is 0. The highest BCUT2D eigenvalue weighted by molar-refractivity contribution is 5.51. The number of hydrogen-bond acceptors (Lipinski definition) is 6. The van der Waals surface area contributed by atoms with Gasteiger partial charge in [0.1, 0.15) is 0 Å². The van der Waals surface area contributed by atoms with Gasteiger partial charge < -0.3 is 9.64 Å². The van der Waals surface area contributed by atoms with E-state index in [1.54, 1.807) is 12.1 Å². The smallest absolute Gasteiger partial charge is 0.269 e. The van der Waals surface area contributed by atoms with E-state index in [0.29, 0.717) is 0 Å². The van der Waals surface area contributed by atoms with Gasteiger partial charge in [0, 0.05) is 70.2 Å². The van der Waals surface area contributed by atoms with Gasteiger partial charge in [0.25, 0.3) is 5.69 Å². The molecule has 126 valence electrons. The van der Waals surface area contributed by atoms with Crippen LogP contribution < -0.4 is 4.90 Å². The monoisotopic (exact) mass is 320 g/mol. The Morgan fingerprint density at radius 1 is 0.913 bits per heavy atom. The molecule has 0 saturated carbocycles. The number of benzene rings is 1. The molecule has 7 heteroatoms. The Bertz CT molecular complexity index is 509. The van der Waals surface area contributed by atoms with Gasteiger partial charge in [0.2, 0.25) is 0 Å². The molecule has 0 unspecified atom stereocenters. The predicted molar refractivity (Wildman–Crippen MR) is 89.0 cm³/mol. The maximum Gasteiger partial charge on any atom is 0.269 e. The third-order valence-corrected chi connectivity index (χ3v) is 4.63. The Morgan fingerprint density at radius 2 is 1.48 bits per heavy atom. The first-order chi connectivity index (χ1) is 11.2. The number of piperazine rings is 1. The molecule has 2 saturated heterocycles. The van der Waals surface area contributed by atoms with Crippen LogP contribution in [0.15, 0.2) is 24.3 Å². The van der Waals surface area contributed by atoms with E-state index in [2.05, 4.69) is 14.7 Å². The standard InChI is InChI=1S/C16H24N4O3/c21-20(22)16-3-1-15(2-4-16)19-9-7-17(8-10-19)5-6-18-11-13-23-14-12-18/h1-4H,5-14H2. The number of non-ortho nitro benzene ring substituents is 1. The third kappa shape index (κ3) is 4.40. The van der Waals surface area contributed by atoms with Crippen LogP contribution in [-0.4, -0.2) is 80.3 Å². The van der Waals surface area contributed by atoms with E-state index >= 15 is 0 Å². The molecule has 1 aromatic carbocycles. The molecule has 0 radical (unpaired) electrons. The van der Waals surface area contributed by atoms with Crippen molar-refractivity contribution in [1.29, 1.82) is 0 Å². The zero-order valence-corrected chi connectivity index (χ0v) is 13.4. The van der Waals surface area contributed by atoms with Gasteiger partial charge >= 0.3 is 0 Å². The average Bonchev–Trinajstić information content (AvgIpc) is 2.61. The van der Waals surface area contributed by atoms with Crippen molar-refractivity contribution in [3.05, 3.63) is 34.4 Å². The second-order valence-electron chi connectivity index (χ2n) is 6.06. The molecular weight excluding hydrogens is 296 g/mol. The molecule has 0 bridgehead atoms. The zero-order valence-electron chi connectivity index (χ0n) is 13.4. The van der Waals surface area contributed by atoms with Crippen LogP contribution in [0.3, 0.4) is 0 Å². The van der Waals surface area contributed by atoms with Gasteiger partial charge in [0.15, 0.2) is 0 Å². The fourth-order valence-electron chi connectivity index (χ4n) is 3.12. The molecule has 0 spiro atoms. The second kappa shape index (κ2) is 7.72. The van der Waals surface area contributed by atoms with Gasteiger partial charge in [-0.3, -0.25) is 19.9 Å². The normalized spacial score (nSPS) is 20.6. The lowest BCUT2D eigenvalue weighted by atomic mass is 10.2. The summed E-state index contributed by atoms with van der Waals surface area (Å²) in [6, 6.07) is 6.86. The first-order valence-corrected chi connectivity index (χ1v) is 8.24. The minimum Gasteiger partial charge on any atom is -0.379 e. The average molecular weight is 320 g/mol. The number of ether oxygens (including phenoxy) is 1. The Labute approximate surface area is 136 Å². The van der Waals surface area contributed by atoms with Crippen molar-refractivity contribution in [1.82, 2.24) is 9.80 Å². The van der Waals surface area contributed by atoms with Crippen LogP contribution in [0.1, 0.15) is 0 Å². The minimum absolute atomic E-state index is 0.151. The van der Waals surface area contributed by atoms with E-state index in [9.17, 15) is 10.1 Å². The van der Waals surface area contributed by atoms with Crippen molar-refractivity contribution >= 4 is 11.4 Å². The van der Waals surface area contributed by atoms with E-state index in [0.717, 1.165) is 71.3 Å². The zero-order chi connectivity index (χ0) is 16.1. The lowest BCUT2D eigenvalue weighted by molar-refractivity contribution is -0.384. The Balaban J connectivity index is 1.43. The SMILES string of the molecule is O=[N+]([O-])c1ccc(N2CCN(CCN3CCOCC3)CC2)cc1. The summed E-state index contributed by atoms with van der Waals surface area (Å²) < 4.78 is 5.37. The van der Waals surface area contributed by atoms with E-state index in [1.807, 2.05) is 12.1 Å². The number of anilines is 1. The fourth-order valence-corrected chi connectivity index (χ4v) is 3.12. The molecule has 2 fully saturated rings. The van der Waals surface area contributed by atoms with Gasteiger partial charge in [0.05, 0.1) is 18.1 Å². The topological polar surface area (TPSA) is 62.1 Å². The Hall–Kier alpha value is -1.70. The molecule has 0 aliphatic carbocycles. The summed E-state index contributed by atoms with van der Waals surface area (Å²) in [6.45, 7) is 10.0. The van der Waals surface area contributed by atoms with E-state index in [-0.39, 0.29) is 10.6 Å². The van der Waals surface area contributed by atoms with Gasteiger partial charge in [-0.05, 0) is 12.1 Å². The summed E-state index contributed by atoms with van der Waals surface area (Å²) in [7, 11) is 0. The van der Waals surface area contributed by atoms with Crippen LogP contribution in [0.2, 0.25) is 0 Å². The lowest BCUT2D eigenvalue weighted by Crippen LogP contribution is -2.49. The maximum atomic E-state index is 10.7. The minimum atomic E-state index is -0.354. The highest BCUT2D eigenvalue weighted by Gasteiger charge is 2.19. The van der Waals surface area contributed by atoms with Crippen LogP contribution in [0.25, 0.3) is 0 Å². The van der Waals surface area contributed by atoms with Crippen LogP contribution in [-0.2, 0) is 4.74 Å². The van der Waals surface area contributed by atoms with Crippen molar-refractivity contribution in [2.45, 2.75) is 0 Å². The van der Waals surface area contributed by atoms with Gasteiger partial charge in [-0.15, -0.1) is 0 Å². The highest BCUT2D eigenvalue weighted by atomic mass is 16.6. The molecular formula is C16H24N4O3. The van der Waals surface area contributed by atoms with Gasteiger partial charge in [-0.25, -0.2) is 0 Å². The molecule has 3 rings (SSSR count). The van der Waals surface area contributed by atoms with Gasteiger partial charge in [-0.2, -0.15) is 0 Å². The fraction of sp³-hybridized carbons (Fsp3) is 0.625. The number of hydrogen-bond donors (Lipinski definition) is 0. The van der Waals surface area contributed by atoms with Crippen LogP contribution >= 0.6 is 0 Å². The van der Waals surface area contributed by atoms with Crippen LogP contribution in [0, 0.1) is 10.1 Å². The van der Waals surface area contributed by atoms with E-state index in [1.165, 1.54) is 0 Å². The second-order valence-corrected chi connectivity index (χ2v) is 6.06. The van der Waals surface area contributed by atoms with Crippen molar-refractivity contribution in [3.63, 3.8) is 0 Å². The number of morpholine rings is 1. The number of nitrogens with zero attached hydrogens (tertiary/aromatic N) is 4. The van der Waals surface area contributed by atoms with Crippen molar-refractivity contribution in [3.8, 4) is 0 Å². The Kier molecular flexibility index (Phi) is 5.43. The molecule has 0 aromatic heterocycles. The maximum absolute atomic E-state index is 10.7. The molecule has 2 heterocycles. The molecule has 1 aromatic rings. The molecule has 0 amide bonds. The molecule has 0 N–H and O–H groups in total. The molecule has 2 aliphatic rings. The number of nitro groups is 1. The number of rotatable bonds is 5. The van der Waals surface area contributed by atoms with Crippen LogP contribution in [0.4, 0.5) is 11.4 Å².